The number of thioether (sulfide) groups is 1. The van der Waals surface area contributed by atoms with E-state index in [1.807, 2.05) is 55.5 Å². The van der Waals surface area contributed by atoms with Gasteiger partial charge in [0.15, 0.2) is 0 Å². The third-order valence-electron chi connectivity index (χ3n) is 3.02. The van der Waals surface area contributed by atoms with Crippen LogP contribution in [0.25, 0.3) is 0 Å². The van der Waals surface area contributed by atoms with Gasteiger partial charge in [0.2, 0.25) is 0 Å². The maximum Gasteiger partial charge on any atom is 0.0867 e. The van der Waals surface area contributed by atoms with Crippen molar-refractivity contribution in [2.45, 2.75) is 24.5 Å². The van der Waals surface area contributed by atoms with Crippen LogP contribution in [0.15, 0.2) is 53.4 Å². The number of benzene rings is 2. The van der Waals surface area contributed by atoms with Crippen molar-refractivity contribution >= 4 is 17.4 Å². The van der Waals surface area contributed by atoms with Gasteiger partial charge in [-0.1, -0.05) is 36.4 Å². The van der Waals surface area contributed by atoms with E-state index in [0.29, 0.717) is 19.0 Å². The van der Waals surface area contributed by atoms with Crippen LogP contribution in [-0.2, 0) is 11.3 Å². The largest absolute Gasteiger partial charge is 0.398 e. The summed E-state index contributed by atoms with van der Waals surface area (Å²) in [6, 6.07) is 15.9. The lowest BCUT2D eigenvalue weighted by atomic mass is 10.2. The topological polar surface area (TPSA) is 55.5 Å². The number of aliphatic hydroxyl groups excluding tert-OH is 1. The van der Waals surface area contributed by atoms with Crippen LogP contribution in [0.1, 0.15) is 11.1 Å². The predicted octanol–water partition coefficient (Wildman–Crippen LogP) is 3.25. The van der Waals surface area contributed by atoms with E-state index in [1.165, 1.54) is 5.56 Å². The number of aliphatic hydroxyl groups is 1. The molecular weight excluding hydrogens is 282 g/mol. The van der Waals surface area contributed by atoms with Gasteiger partial charge in [0.25, 0.3) is 0 Å². The minimum Gasteiger partial charge on any atom is -0.398 e. The first kappa shape index (κ1) is 15.9. The van der Waals surface area contributed by atoms with E-state index in [9.17, 15) is 5.11 Å². The molecule has 0 saturated heterocycles. The molecule has 0 heterocycles. The summed E-state index contributed by atoms with van der Waals surface area (Å²) in [6.07, 6.45) is -0.501. The number of nitrogens with two attached hydrogens (primary N) is 1. The quantitative estimate of drug-likeness (QED) is 0.609. The molecule has 0 aliphatic heterocycles. The minimum atomic E-state index is -0.501. The Balaban J connectivity index is 1.72. The molecule has 2 aromatic rings. The predicted molar refractivity (Wildman–Crippen MR) is 88.4 cm³/mol. The van der Waals surface area contributed by atoms with Crippen LogP contribution in [0.3, 0.4) is 0 Å². The first-order valence-corrected chi connectivity index (χ1v) is 7.92. The fraction of sp³-hybridized carbons (Fsp3) is 0.294. The number of ether oxygens (including phenoxy) is 1. The second-order valence-electron chi connectivity index (χ2n) is 5.01. The molecule has 0 spiro atoms. The Labute approximate surface area is 130 Å². The summed E-state index contributed by atoms with van der Waals surface area (Å²) in [4.78, 5) is 1.01. The molecule has 0 aliphatic rings. The summed E-state index contributed by atoms with van der Waals surface area (Å²) in [7, 11) is 0. The van der Waals surface area contributed by atoms with Gasteiger partial charge >= 0.3 is 0 Å². The second kappa shape index (κ2) is 8.08. The minimum absolute atomic E-state index is 0.327. The van der Waals surface area contributed by atoms with Crippen molar-refractivity contribution in [1.82, 2.24) is 0 Å². The Kier molecular flexibility index (Phi) is 6.11. The Morgan fingerprint density at radius 2 is 1.95 bits per heavy atom. The summed E-state index contributed by atoms with van der Waals surface area (Å²) in [5, 5.41) is 9.96. The van der Waals surface area contributed by atoms with Crippen LogP contribution in [0.4, 0.5) is 5.69 Å². The highest BCUT2D eigenvalue weighted by atomic mass is 32.2. The molecule has 2 aromatic carbocycles. The van der Waals surface area contributed by atoms with E-state index in [1.54, 1.807) is 11.8 Å². The van der Waals surface area contributed by atoms with Crippen LogP contribution in [0.5, 0.6) is 0 Å². The Hall–Kier alpha value is -1.49. The molecule has 0 amide bonds. The van der Waals surface area contributed by atoms with Gasteiger partial charge in [0, 0.05) is 16.3 Å². The Morgan fingerprint density at radius 3 is 2.71 bits per heavy atom. The van der Waals surface area contributed by atoms with E-state index in [2.05, 4.69) is 0 Å². The number of rotatable bonds is 7. The van der Waals surface area contributed by atoms with Gasteiger partial charge in [-0.15, -0.1) is 11.8 Å². The van der Waals surface area contributed by atoms with Gasteiger partial charge in [-0.25, -0.2) is 0 Å². The molecule has 3 N–H and O–H groups in total. The van der Waals surface area contributed by atoms with Crippen LogP contribution in [0, 0.1) is 6.92 Å². The molecule has 21 heavy (non-hydrogen) atoms. The molecular formula is C17H21NO2S. The van der Waals surface area contributed by atoms with Gasteiger partial charge in [-0.3, -0.25) is 0 Å². The van der Waals surface area contributed by atoms with E-state index in [-0.39, 0.29) is 0 Å². The number of aryl methyl sites for hydroxylation is 1. The fourth-order valence-electron chi connectivity index (χ4n) is 1.89. The lowest BCUT2D eigenvalue weighted by molar-refractivity contribution is 0.0398. The summed E-state index contributed by atoms with van der Waals surface area (Å²) in [5.41, 5.74) is 8.95. The highest BCUT2D eigenvalue weighted by molar-refractivity contribution is 7.99. The van der Waals surface area contributed by atoms with Crippen molar-refractivity contribution in [2.24, 2.45) is 0 Å². The fourth-order valence-corrected chi connectivity index (χ4v) is 2.86. The zero-order valence-electron chi connectivity index (χ0n) is 12.2. The van der Waals surface area contributed by atoms with Crippen molar-refractivity contribution in [2.75, 3.05) is 18.1 Å². The summed E-state index contributed by atoms with van der Waals surface area (Å²) < 4.78 is 5.53. The lowest BCUT2D eigenvalue weighted by Crippen LogP contribution is -2.18. The van der Waals surface area contributed by atoms with Crippen molar-refractivity contribution in [1.29, 1.82) is 0 Å². The standard InChI is InChI=1S/C17H21NO2S/c1-13-7-8-16(18)17(9-13)21-12-15(19)11-20-10-14-5-3-2-4-6-14/h2-9,15,19H,10-12,18H2,1H3. The molecule has 0 fully saturated rings. The molecule has 4 heteroatoms. The highest BCUT2D eigenvalue weighted by Gasteiger charge is 2.07. The van der Waals surface area contributed by atoms with Crippen molar-refractivity contribution in [3.63, 3.8) is 0 Å². The zero-order valence-corrected chi connectivity index (χ0v) is 13.0. The Bertz CT molecular complexity index is 560. The van der Waals surface area contributed by atoms with Gasteiger partial charge in [-0.2, -0.15) is 0 Å². The molecule has 112 valence electrons. The van der Waals surface area contributed by atoms with Gasteiger partial charge in [0.1, 0.15) is 0 Å². The Morgan fingerprint density at radius 1 is 1.19 bits per heavy atom. The first-order chi connectivity index (χ1) is 10.1. The average molecular weight is 303 g/mol. The van der Waals surface area contributed by atoms with Crippen molar-refractivity contribution in [3.05, 3.63) is 59.7 Å². The molecule has 0 aromatic heterocycles. The van der Waals surface area contributed by atoms with E-state index in [4.69, 9.17) is 10.5 Å². The monoisotopic (exact) mass is 303 g/mol. The van der Waals surface area contributed by atoms with Crippen LogP contribution in [-0.4, -0.2) is 23.6 Å². The molecule has 1 atom stereocenters. The highest BCUT2D eigenvalue weighted by Crippen LogP contribution is 2.26. The smallest absolute Gasteiger partial charge is 0.0867 e. The van der Waals surface area contributed by atoms with Crippen LogP contribution in [0.2, 0.25) is 0 Å². The van der Waals surface area contributed by atoms with Crippen LogP contribution < -0.4 is 5.73 Å². The molecule has 0 aliphatic carbocycles. The second-order valence-corrected chi connectivity index (χ2v) is 6.07. The van der Waals surface area contributed by atoms with Crippen LogP contribution >= 0.6 is 11.8 Å². The SMILES string of the molecule is Cc1ccc(N)c(SCC(O)COCc2ccccc2)c1. The molecule has 0 saturated carbocycles. The maximum atomic E-state index is 9.96. The van der Waals surface area contributed by atoms with E-state index in [0.717, 1.165) is 16.1 Å². The molecule has 0 radical (unpaired) electrons. The van der Waals surface area contributed by atoms with Gasteiger partial charge < -0.3 is 15.6 Å². The molecule has 2 rings (SSSR count). The molecule has 1 unspecified atom stereocenters. The lowest BCUT2D eigenvalue weighted by Gasteiger charge is -2.12. The summed E-state index contributed by atoms with van der Waals surface area (Å²) >= 11 is 1.56. The average Bonchev–Trinajstić information content (AvgIpc) is 2.49. The van der Waals surface area contributed by atoms with Gasteiger partial charge in [0.05, 0.1) is 19.3 Å². The normalized spacial score (nSPS) is 12.3. The third-order valence-corrected chi connectivity index (χ3v) is 4.24. The van der Waals surface area contributed by atoms with E-state index < -0.39 is 6.10 Å². The number of nitrogen functional groups attached to an aromatic ring is 1. The van der Waals surface area contributed by atoms with Crippen molar-refractivity contribution < 1.29 is 9.84 Å². The van der Waals surface area contributed by atoms with Gasteiger partial charge in [-0.05, 0) is 30.2 Å². The number of anilines is 1. The summed E-state index contributed by atoms with van der Waals surface area (Å²) in [6.45, 7) is 2.88. The third kappa shape index (κ3) is 5.42. The number of hydrogen-bond acceptors (Lipinski definition) is 4. The molecule has 3 nitrogen and oxygen atoms in total. The van der Waals surface area contributed by atoms with E-state index >= 15 is 0 Å². The van der Waals surface area contributed by atoms with Crippen molar-refractivity contribution in [3.8, 4) is 0 Å². The summed E-state index contributed by atoms with van der Waals surface area (Å²) in [5.74, 6) is 0.572. The first-order valence-electron chi connectivity index (χ1n) is 6.94. The molecule has 0 bridgehead atoms. The maximum absolute atomic E-state index is 9.96. The number of hydrogen-bond donors (Lipinski definition) is 2. The zero-order chi connectivity index (χ0) is 15.1.